The van der Waals surface area contributed by atoms with Crippen molar-refractivity contribution in [2.75, 3.05) is 32.7 Å². The molecule has 0 unspecified atom stereocenters. The third-order valence-electron chi connectivity index (χ3n) is 5.92. The zero-order valence-corrected chi connectivity index (χ0v) is 18.8. The van der Waals surface area contributed by atoms with Crippen LogP contribution in [0.15, 0.2) is 41.1 Å². The smallest absolute Gasteiger partial charge is 0.293 e. The molecule has 5 rings (SSSR count). The van der Waals surface area contributed by atoms with Gasteiger partial charge in [-0.15, -0.1) is 5.10 Å². The minimum Gasteiger partial charge on any atom is -0.339 e. The summed E-state index contributed by atoms with van der Waals surface area (Å²) in [6.07, 6.45) is 3.32. The molecule has 0 spiro atoms. The first kappa shape index (κ1) is 21.2. The molecule has 170 valence electrons. The van der Waals surface area contributed by atoms with Crippen LogP contribution in [0.2, 0.25) is 0 Å². The number of aromatic nitrogens is 6. The van der Waals surface area contributed by atoms with Crippen LogP contribution in [-0.4, -0.2) is 78.2 Å². The Morgan fingerprint density at radius 2 is 1.82 bits per heavy atom. The predicted molar refractivity (Wildman–Crippen MR) is 121 cm³/mol. The van der Waals surface area contributed by atoms with Gasteiger partial charge in [-0.2, -0.15) is 9.97 Å². The van der Waals surface area contributed by atoms with E-state index in [1.807, 2.05) is 42.2 Å². The molecular formula is C23H26N8O2. The van der Waals surface area contributed by atoms with Gasteiger partial charge in [-0.25, -0.2) is 9.50 Å². The van der Waals surface area contributed by atoms with Crippen LogP contribution in [-0.2, 0) is 6.42 Å². The minimum absolute atomic E-state index is 0.144. The quantitative estimate of drug-likeness (QED) is 0.444. The van der Waals surface area contributed by atoms with Crippen molar-refractivity contribution >= 4 is 11.7 Å². The van der Waals surface area contributed by atoms with Gasteiger partial charge >= 0.3 is 0 Å². The molecule has 1 aliphatic rings. The molecule has 1 aromatic carbocycles. The number of fused-ring (bicyclic) bond motifs is 1. The Hall–Kier alpha value is -3.66. The van der Waals surface area contributed by atoms with Crippen molar-refractivity contribution in [1.82, 2.24) is 39.5 Å². The Balaban J connectivity index is 1.10. The summed E-state index contributed by atoms with van der Waals surface area (Å²) < 4.78 is 7.02. The second kappa shape index (κ2) is 9.07. The highest BCUT2D eigenvalue weighted by molar-refractivity contribution is 5.91. The lowest BCUT2D eigenvalue weighted by Crippen LogP contribution is -2.49. The van der Waals surface area contributed by atoms with Crippen molar-refractivity contribution < 1.29 is 9.32 Å². The average Bonchev–Trinajstić information content (AvgIpc) is 3.48. The van der Waals surface area contributed by atoms with Gasteiger partial charge in [-0.1, -0.05) is 35.0 Å². The van der Waals surface area contributed by atoms with E-state index in [2.05, 4.69) is 37.0 Å². The fraction of sp³-hybridized carbons (Fsp3) is 0.391. The third kappa shape index (κ3) is 4.61. The lowest BCUT2D eigenvalue weighted by atomic mass is 10.1. The van der Waals surface area contributed by atoms with Gasteiger partial charge in [0.2, 0.25) is 17.5 Å². The van der Waals surface area contributed by atoms with Gasteiger partial charge < -0.3 is 9.42 Å². The Labute approximate surface area is 191 Å². The van der Waals surface area contributed by atoms with Crippen molar-refractivity contribution in [2.45, 2.75) is 26.7 Å². The normalized spacial score (nSPS) is 14.8. The summed E-state index contributed by atoms with van der Waals surface area (Å²) in [6, 6.07) is 9.93. The first-order chi connectivity index (χ1) is 16.1. The number of carbonyl (C=O) groups excluding carboxylic acids is 1. The van der Waals surface area contributed by atoms with Crippen LogP contribution >= 0.6 is 0 Å². The van der Waals surface area contributed by atoms with Gasteiger partial charge in [0.1, 0.15) is 0 Å². The predicted octanol–water partition coefficient (Wildman–Crippen LogP) is 2.18. The van der Waals surface area contributed by atoms with Crippen molar-refractivity contribution in [3.05, 3.63) is 59.5 Å². The number of piperazine rings is 1. The molecule has 0 bridgehead atoms. The van der Waals surface area contributed by atoms with Crippen LogP contribution in [0.25, 0.3) is 17.2 Å². The molecule has 4 heterocycles. The minimum atomic E-state index is -0.144. The third-order valence-corrected chi connectivity index (χ3v) is 5.92. The van der Waals surface area contributed by atoms with E-state index in [-0.39, 0.29) is 11.7 Å². The van der Waals surface area contributed by atoms with E-state index in [0.717, 1.165) is 43.7 Å². The number of amides is 1. The fourth-order valence-corrected chi connectivity index (χ4v) is 3.94. The molecule has 0 aliphatic carbocycles. The lowest BCUT2D eigenvalue weighted by Gasteiger charge is -2.34. The fourth-order valence-electron chi connectivity index (χ4n) is 3.94. The Morgan fingerprint density at radius 1 is 1.03 bits per heavy atom. The summed E-state index contributed by atoms with van der Waals surface area (Å²) in [6.45, 7) is 7.81. The summed E-state index contributed by atoms with van der Waals surface area (Å²) in [5, 5.41) is 8.43. The average molecular weight is 447 g/mol. The van der Waals surface area contributed by atoms with Crippen molar-refractivity contribution in [2.24, 2.45) is 0 Å². The van der Waals surface area contributed by atoms with Gasteiger partial charge in [0.25, 0.3) is 11.7 Å². The van der Waals surface area contributed by atoms with Gasteiger partial charge in [-0.3, -0.25) is 9.69 Å². The van der Waals surface area contributed by atoms with Gasteiger partial charge in [0.15, 0.2) is 0 Å². The highest BCUT2D eigenvalue weighted by atomic mass is 16.5. The Bertz CT molecular complexity index is 1260. The maximum atomic E-state index is 12.8. The summed E-state index contributed by atoms with van der Waals surface area (Å²) in [5.74, 6) is 1.79. The second-order valence-electron chi connectivity index (χ2n) is 8.35. The maximum Gasteiger partial charge on any atom is 0.293 e. The van der Waals surface area contributed by atoms with Gasteiger partial charge in [0.05, 0.1) is 0 Å². The summed E-state index contributed by atoms with van der Waals surface area (Å²) in [7, 11) is 0. The van der Waals surface area contributed by atoms with E-state index in [4.69, 9.17) is 4.52 Å². The Kier molecular flexibility index (Phi) is 5.82. The number of aryl methyl sites for hydroxylation is 3. The molecule has 0 radical (unpaired) electrons. The van der Waals surface area contributed by atoms with Crippen LogP contribution in [0, 0.1) is 13.8 Å². The lowest BCUT2D eigenvalue weighted by molar-refractivity contribution is 0.0624. The van der Waals surface area contributed by atoms with Crippen LogP contribution in [0.4, 0.5) is 0 Å². The van der Waals surface area contributed by atoms with Crippen LogP contribution in [0.5, 0.6) is 0 Å². The molecular weight excluding hydrogens is 420 g/mol. The molecule has 4 aromatic rings. The number of hydrogen-bond donors (Lipinski definition) is 0. The molecule has 10 nitrogen and oxygen atoms in total. The topological polar surface area (TPSA) is 106 Å². The van der Waals surface area contributed by atoms with Gasteiger partial charge in [-0.05, 0) is 32.9 Å². The van der Waals surface area contributed by atoms with Crippen molar-refractivity contribution in [3.63, 3.8) is 0 Å². The number of benzene rings is 1. The van der Waals surface area contributed by atoms with E-state index in [1.165, 1.54) is 5.56 Å². The highest BCUT2D eigenvalue weighted by Gasteiger charge is 2.25. The largest absolute Gasteiger partial charge is 0.339 e. The monoisotopic (exact) mass is 446 g/mol. The summed E-state index contributed by atoms with van der Waals surface area (Å²) >= 11 is 0. The number of nitrogens with zero attached hydrogens (tertiary/aromatic N) is 8. The van der Waals surface area contributed by atoms with Crippen molar-refractivity contribution in [1.29, 1.82) is 0 Å². The molecule has 1 amide bonds. The van der Waals surface area contributed by atoms with Gasteiger partial charge in [0, 0.05) is 50.1 Å². The maximum absolute atomic E-state index is 12.8. The van der Waals surface area contributed by atoms with E-state index in [0.29, 0.717) is 30.6 Å². The SMILES string of the molecule is Cc1ccc(-c2noc(CCCN3CCN(C(=O)c4nc5nccc(C)n5n4)CC3)n2)cc1. The molecule has 10 heteroatoms. The first-order valence-electron chi connectivity index (χ1n) is 11.2. The molecule has 1 saturated heterocycles. The van der Waals surface area contributed by atoms with Crippen LogP contribution in [0.1, 0.15) is 34.2 Å². The number of hydrogen-bond acceptors (Lipinski definition) is 8. The molecule has 0 saturated carbocycles. The number of rotatable bonds is 6. The van der Waals surface area contributed by atoms with Crippen molar-refractivity contribution in [3.8, 4) is 11.4 Å². The molecule has 0 N–H and O–H groups in total. The first-order valence-corrected chi connectivity index (χ1v) is 11.2. The van der Waals surface area contributed by atoms with E-state index < -0.39 is 0 Å². The van der Waals surface area contributed by atoms with Crippen LogP contribution in [0.3, 0.4) is 0 Å². The molecule has 1 aliphatic heterocycles. The zero-order chi connectivity index (χ0) is 22.8. The molecule has 33 heavy (non-hydrogen) atoms. The molecule has 1 fully saturated rings. The second-order valence-corrected chi connectivity index (χ2v) is 8.35. The molecule has 0 atom stereocenters. The van der Waals surface area contributed by atoms with E-state index >= 15 is 0 Å². The zero-order valence-electron chi connectivity index (χ0n) is 18.8. The number of carbonyl (C=O) groups is 1. The van der Waals surface area contributed by atoms with Crippen LogP contribution < -0.4 is 0 Å². The molecule has 3 aromatic heterocycles. The van der Waals surface area contributed by atoms with E-state index in [9.17, 15) is 4.79 Å². The highest BCUT2D eigenvalue weighted by Crippen LogP contribution is 2.17. The Morgan fingerprint density at radius 3 is 2.58 bits per heavy atom. The summed E-state index contributed by atoms with van der Waals surface area (Å²) in [4.78, 5) is 30.0. The van der Waals surface area contributed by atoms with E-state index in [1.54, 1.807) is 10.7 Å². The summed E-state index contributed by atoms with van der Waals surface area (Å²) in [5.41, 5.74) is 3.05. The standard InChI is InChI=1S/C23H26N8O2/c1-16-5-7-18(8-6-16)20-25-19(33-28-20)4-3-11-29-12-14-30(15-13-29)22(32)21-26-23-24-10-9-17(2)31(23)27-21/h5-10H,3-4,11-15H2,1-2H3.